The fraction of sp³-hybridized carbons (Fsp3) is 0.200. The fourth-order valence-electron chi connectivity index (χ4n) is 1.83. The molecule has 116 valence electrons. The summed E-state index contributed by atoms with van der Waals surface area (Å²) in [6, 6.07) is 9.82. The van der Waals surface area contributed by atoms with Crippen molar-refractivity contribution in [3.63, 3.8) is 0 Å². The first kappa shape index (κ1) is 16.0. The van der Waals surface area contributed by atoms with Crippen molar-refractivity contribution in [1.82, 2.24) is 0 Å². The zero-order valence-corrected chi connectivity index (χ0v) is 13.2. The van der Waals surface area contributed by atoms with Crippen LogP contribution in [0.5, 0.6) is 17.2 Å². The number of hydrogen-bond donors (Lipinski definition) is 0. The molecule has 0 radical (unpaired) electrons. The molecule has 2 aromatic carbocycles. The van der Waals surface area contributed by atoms with Gasteiger partial charge in [0.05, 0.1) is 31.1 Å². The summed E-state index contributed by atoms with van der Waals surface area (Å²) in [6.07, 6.45) is 0. The minimum Gasteiger partial charge on any atom is -0.496 e. The van der Waals surface area contributed by atoms with Gasteiger partial charge in [-0.15, -0.1) is 0 Å². The van der Waals surface area contributed by atoms with Gasteiger partial charge in [-0.2, -0.15) is 0 Å². The highest BCUT2D eigenvalue weighted by atomic mass is 32.2. The smallest absolute Gasteiger partial charge is 0.269 e. The van der Waals surface area contributed by atoms with Crippen molar-refractivity contribution in [3.05, 3.63) is 46.5 Å². The van der Waals surface area contributed by atoms with E-state index >= 15 is 0 Å². The van der Waals surface area contributed by atoms with Gasteiger partial charge in [-0.3, -0.25) is 10.1 Å². The normalized spacial score (nSPS) is 10.1. The minimum absolute atomic E-state index is 0.0537. The Bertz CT molecular complexity index is 647. The van der Waals surface area contributed by atoms with Crippen LogP contribution in [0.25, 0.3) is 0 Å². The van der Waals surface area contributed by atoms with Crippen LogP contribution in [-0.4, -0.2) is 26.3 Å². The average molecular weight is 321 g/mol. The van der Waals surface area contributed by atoms with Crippen molar-refractivity contribution < 1.29 is 19.1 Å². The number of nitro groups is 1. The molecule has 0 saturated heterocycles. The van der Waals surface area contributed by atoms with Crippen molar-refractivity contribution in [2.45, 2.75) is 9.79 Å². The van der Waals surface area contributed by atoms with Crippen molar-refractivity contribution in [1.29, 1.82) is 0 Å². The second kappa shape index (κ2) is 7.04. The molecule has 0 saturated carbocycles. The van der Waals surface area contributed by atoms with Crippen LogP contribution in [0.3, 0.4) is 0 Å². The molecule has 0 unspecified atom stereocenters. The number of benzene rings is 2. The van der Waals surface area contributed by atoms with Gasteiger partial charge >= 0.3 is 0 Å². The zero-order chi connectivity index (χ0) is 16.1. The summed E-state index contributed by atoms with van der Waals surface area (Å²) in [7, 11) is 4.69. The first-order valence-electron chi connectivity index (χ1n) is 6.31. The van der Waals surface area contributed by atoms with Crippen LogP contribution in [0.4, 0.5) is 5.69 Å². The van der Waals surface area contributed by atoms with Crippen LogP contribution in [-0.2, 0) is 0 Å². The average Bonchev–Trinajstić information content (AvgIpc) is 2.55. The van der Waals surface area contributed by atoms with Crippen LogP contribution >= 0.6 is 11.8 Å². The lowest BCUT2D eigenvalue weighted by atomic mass is 10.3. The molecule has 0 aromatic heterocycles. The number of ether oxygens (including phenoxy) is 3. The van der Waals surface area contributed by atoms with Crippen molar-refractivity contribution in [2.75, 3.05) is 21.3 Å². The van der Waals surface area contributed by atoms with Gasteiger partial charge in [0.15, 0.2) is 0 Å². The molecule has 0 aliphatic heterocycles. The molecule has 0 bridgehead atoms. The predicted molar refractivity (Wildman–Crippen MR) is 83.3 cm³/mol. The number of nitrogens with zero attached hydrogens (tertiary/aromatic N) is 1. The van der Waals surface area contributed by atoms with Gasteiger partial charge in [-0.25, -0.2) is 0 Å². The summed E-state index contributed by atoms with van der Waals surface area (Å²) in [4.78, 5) is 11.9. The highest BCUT2D eigenvalue weighted by Crippen LogP contribution is 2.44. The van der Waals surface area contributed by atoms with E-state index in [4.69, 9.17) is 14.2 Å². The SMILES string of the molecule is COc1cc(OC)c(Sc2ccc([N+](=O)[O-])cc2)c(OC)c1. The van der Waals surface area contributed by atoms with Crippen LogP contribution in [0.2, 0.25) is 0 Å². The fourth-order valence-corrected chi connectivity index (χ4v) is 2.82. The Morgan fingerprint density at radius 3 is 1.91 bits per heavy atom. The summed E-state index contributed by atoms with van der Waals surface area (Å²) in [5, 5.41) is 10.7. The molecule has 0 atom stereocenters. The van der Waals surface area contributed by atoms with E-state index in [1.165, 1.54) is 23.9 Å². The van der Waals surface area contributed by atoms with Gasteiger partial charge in [-0.05, 0) is 12.1 Å². The Balaban J connectivity index is 2.37. The minimum atomic E-state index is -0.428. The summed E-state index contributed by atoms with van der Waals surface area (Å²) < 4.78 is 16.0. The number of hydrogen-bond acceptors (Lipinski definition) is 6. The maximum Gasteiger partial charge on any atom is 0.269 e. The Hall–Kier alpha value is -2.41. The molecule has 0 aliphatic rings. The highest BCUT2D eigenvalue weighted by molar-refractivity contribution is 7.99. The molecule has 0 aliphatic carbocycles. The molecule has 6 nitrogen and oxygen atoms in total. The molecular formula is C15H15NO5S. The largest absolute Gasteiger partial charge is 0.496 e. The lowest BCUT2D eigenvalue weighted by Gasteiger charge is -2.14. The molecule has 2 rings (SSSR count). The van der Waals surface area contributed by atoms with E-state index in [-0.39, 0.29) is 5.69 Å². The third-order valence-electron chi connectivity index (χ3n) is 2.94. The second-order valence-corrected chi connectivity index (χ2v) is 5.30. The van der Waals surface area contributed by atoms with Gasteiger partial charge in [0.1, 0.15) is 17.2 Å². The molecule has 0 N–H and O–H groups in total. The van der Waals surface area contributed by atoms with Crippen molar-refractivity contribution in [2.24, 2.45) is 0 Å². The molecule has 22 heavy (non-hydrogen) atoms. The summed E-state index contributed by atoms with van der Waals surface area (Å²) in [6.45, 7) is 0. The zero-order valence-electron chi connectivity index (χ0n) is 12.4. The third-order valence-corrected chi connectivity index (χ3v) is 4.05. The number of nitro benzene ring substituents is 1. The van der Waals surface area contributed by atoms with Crippen LogP contribution in [0.15, 0.2) is 46.2 Å². The number of non-ortho nitro benzene ring substituents is 1. The van der Waals surface area contributed by atoms with Gasteiger partial charge in [0.2, 0.25) is 0 Å². The monoisotopic (exact) mass is 321 g/mol. The maximum absolute atomic E-state index is 10.7. The van der Waals surface area contributed by atoms with Crippen molar-refractivity contribution >= 4 is 17.4 Å². The van der Waals surface area contributed by atoms with Gasteiger partial charge in [0.25, 0.3) is 5.69 Å². The van der Waals surface area contributed by atoms with E-state index in [0.717, 1.165) is 9.79 Å². The topological polar surface area (TPSA) is 70.8 Å². The van der Waals surface area contributed by atoms with E-state index in [9.17, 15) is 10.1 Å². The Labute approximate surface area is 132 Å². The molecule has 0 fully saturated rings. The van der Waals surface area contributed by atoms with Gasteiger partial charge < -0.3 is 14.2 Å². The van der Waals surface area contributed by atoms with E-state index in [1.807, 2.05) is 0 Å². The lowest BCUT2D eigenvalue weighted by molar-refractivity contribution is -0.384. The molecular weight excluding hydrogens is 306 g/mol. The van der Waals surface area contributed by atoms with Gasteiger partial charge in [-0.1, -0.05) is 11.8 Å². The standard InChI is InChI=1S/C15H15NO5S/c1-19-11-8-13(20-2)15(14(9-11)21-3)22-12-6-4-10(5-7-12)16(17)18/h4-9H,1-3H3. The molecule has 2 aromatic rings. The molecule has 0 amide bonds. The molecule has 0 spiro atoms. The van der Waals surface area contributed by atoms with E-state index in [2.05, 4.69) is 0 Å². The van der Waals surface area contributed by atoms with E-state index in [0.29, 0.717) is 17.2 Å². The van der Waals surface area contributed by atoms with Crippen molar-refractivity contribution in [3.8, 4) is 17.2 Å². The Kier molecular flexibility index (Phi) is 5.11. The van der Waals surface area contributed by atoms with Crippen LogP contribution < -0.4 is 14.2 Å². The first-order valence-corrected chi connectivity index (χ1v) is 7.13. The van der Waals surface area contributed by atoms with E-state index < -0.39 is 4.92 Å². The lowest BCUT2D eigenvalue weighted by Crippen LogP contribution is -1.94. The summed E-state index contributed by atoms with van der Waals surface area (Å²) >= 11 is 1.40. The Morgan fingerprint density at radius 2 is 1.50 bits per heavy atom. The quantitative estimate of drug-likeness (QED) is 0.596. The third kappa shape index (κ3) is 3.43. The second-order valence-electron chi connectivity index (χ2n) is 4.21. The van der Waals surface area contributed by atoms with Gasteiger partial charge in [0, 0.05) is 29.2 Å². The van der Waals surface area contributed by atoms with E-state index in [1.54, 1.807) is 45.6 Å². The summed E-state index contributed by atoms with van der Waals surface area (Å²) in [5.74, 6) is 1.85. The summed E-state index contributed by atoms with van der Waals surface area (Å²) in [5.41, 5.74) is 0.0537. The molecule has 7 heteroatoms. The number of methoxy groups -OCH3 is 3. The predicted octanol–water partition coefficient (Wildman–Crippen LogP) is 3.77. The highest BCUT2D eigenvalue weighted by Gasteiger charge is 2.15. The Morgan fingerprint density at radius 1 is 0.955 bits per heavy atom. The maximum atomic E-state index is 10.7. The van der Waals surface area contributed by atoms with Crippen LogP contribution in [0.1, 0.15) is 0 Å². The molecule has 0 heterocycles. The van der Waals surface area contributed by atoms with Crippen LogP contribution in [0, 0.1) is 10.1 Å². The number of rotatable bonds is 6. The first-order chi connectivity index (χ1) is 10.6.